The zero-order valence-electron chi connectivity index (χ0n) is 13.8. The standard InChI is InChI=1S/C15H18N8O2/c1-25-6-2-4-22-5-3-9-8-23(21-11(9)14(22)24)13-10-7-17-20-12(10)18-15(16)19-13/h7-8H,2-6H2,1H3,(H3,16,17,18,19,20). The summed E-state index contributed by atoms with van der Waals surface area (Å²) in [7, 11) is 1.65. The summed E-state index contributed by atoms with van der Waals surface area (Å²) in [5.74, 6) is 0.554. The molecule has 0 radical (unpaired) electrons. The van der Waals surface area contributed by atoms with Crippen molar-refractivity contribution in [1.29, 1.82) is 0 Å². The Morgan fingerprint density at radius 1 is 1.40 bits per heavy atom. The normalized spacial score (nSPS) is 14.3. The van der Waals surface area contributed by atoms with Crippen molar-refractivity contribution in [3.8, 4) is 5.82 Å². The van der Waals surface area contributed by atoms with Crippen LogP contribution >= 0.6 is 0 Å². The highest BCUT2D eigenvalue weighted by molar-refractivity contribution is 5.95. The van der Waals surface area contributed by atoms with Crippen molar-refractivity contribution < 1.29 is 9.53 Å². The second kappa shape index (κ2) is 6.13. The fraction of sp³-hybridized carbons (Fsp3) is 0.400. The number of aromatic amines is 1. The Balaban J connectivity index is 1.68. The topological polar surface area (TPSA) is 128 Å². The Hall–Kier alpha value is -3.01. The molecule has 0 aromatic carbocycles. The van der Waals surface area contributed by atoms with Gasteiger partial charge in [-0.15, -0.1) is 0 Å². The minimum atomic E-state index is -0.0680. The zero-order valence-corrected chi connectivity index (χ0v) is 13.8. The lowest BCUT2D eigenvalue weighted by atomic mass is 10.1. The highest BCUT2D eigenvalue weighted by Crippen LogP contribution is 2.22. The van der Waals surface area contributed by atoms with Gasteiger partial charge in [0.15, 0.2) is 17.2 Å². The molecule has 3 aromatic rings. The van der Waals surface area contributed by atoms with Gasteiger partial charge in [0.2, 0.25) is 5.95 Å². The van der Waals surface area contributed by atoms with Gasteiger partial charge < -0.3 is 15.4 Å². The number of aromatic nitrogens is 6. The van der Waals surface area contributed by atoms with Crippen LogP contribution in [0.25, 0.3) is 16.9 Å². The smallest absolute Gasteiger partial charge is 0.274 e. The SMILES string of the molecule is COCCCN1CCc2cn(-c3nc(N)nc4[nH]ncc34)nc2C1=O. The monoisotopic (exact) mass is 342 g/mol. The Labute approximate surface area is 143 Å². The minimum absolute atomic E-state index is 0.0680. The lowest BCUT2D eigenvalue weighted by molar-refractivity contribution is 0.0714. The van der Waals surface area contributed by atoms with Crippen molar-refractivity contribution in [2.45, 2.75) is 12.8 Å². The molecule has 4 rings (SSSR count). The van der Waals surface area contributed by atoms with Crippen LogP contribution in [0.3, 0.4) is 0 Å². The average Bonchev–Trinajstić information content (AvgIpc) is 3.23. The van der Waals surface area contributed by atoms with Gasteiger partial charge >= 0.3 is 0 Å². The number of nitrogens with two attached hydrogens (primary N) is 1. The summed E-state index contributed by atoms with van der Waals surface area (Å²) in [6.07, 6.45) is 5.00. The third-order valence-electron chi connectivity index (χ3n) is 4.23. The van der Waals surface area contributed by atoms with Crippen LogP contribution in [0.1, 0.15) is 22.5 Å². The second-order valence-corrected chi connectivity index (χ2v) is 5.87. The molecule has 0 atom stereocenters. The molecule has 1 aliphatic heterocycles. The fourth-order valence-electron chi connectivity index (χ4n) is 3.01. The molecule has 1 amide bonds. The van der Waals surface area contributed by atoms with Gasteiger partial charge in [0, 0.05) is 38.6 Å². The molecule has 10 heteroatoms. The Morgan fingerprint density at radius 3 is 3.12 bits per heavy atom. The quantitative estimate of drug-likeness (QED) is 0.632. The van der Waals surface area contributed by atoms with Crippen molar-refractivity contribution in [3.63, 3.8) is 0 Å². The molecule has 4 heterocycles. The first-order valence-electron chi connectivity index (χ1n) is 8.01. The third kappa shape index (κ3) is 2.70. The number of anilines is 1. The Morgan fingerprint density at radius 2 is 2.28 bits per heavy atom. The number of hydrogen-bond donors (Lipinski definition) is 2. The molecular weight excluding hydrogens is 324 g/mol. The number of nitrogens with zero attached hydrogens (tertiary/aromatic N) is 6. The first-order chi connectivity index (χ1) is 12.2. The highest BCUT2D eigenvalue weighted by atomic mass is 16.5. The van der Waals surface area contributed by atoms with Crippen LogP contribution in [0, 0.1) is 0 Å². The molecule has 0 saturated carbocycles. The van der Waals surface area contributed by atoms with Gasteiger partial charge in [-0.2, -0.15) is 20.2 Å². The number of amides is 1. The van der Waals surface area contributed by atoms with Crippen LogP contribution in [0.5, 0.6) is 0 Å². The summed E-state index contributed by atoms with van der Waals surface area (Å²) in [4.78, 5) is 22.8. The van der Waals surface area contributed by atoms with Gasteiger partial charge in [-0.25, -0.2) is 4.68 Å². The number of carbonyl (C=O) groups is 1. The van der Waals surface area contributed by atoms with E-state index in [-0.39, 0.29) is 11.9 Å². The van der Waals surface area contributed by atoms with E-state index in [0.29, 0.717) is 42.2 Å². The maximum absolute atomic E-state index is 12.7. The van der Waals surface area contributed by atoms with Gasteiger partial charge in [-0.3, -0.25) is 9.89 Å². The predicted molar refractivity (Wildman–Crippen MR) is 89.3 cm³/mol. The highest BCUT2D eigenvalue weighted by Gasteiger charge is 2.28. The molecule has 3 N–H and O–H groups in total. The number of fused-ring (bicyclic) bond motifs is 2. The maximum atomic E-state index is 12.7. The van der Waals surface area contributed by atoms with Crippen molar-refractivity contribution in [2.75, 3.05) is 32.5 Å². The van der Waals surface area contributed by atoms with Gasteiger partial charge in [0.25, 0.3) is 5.91 Å². The number of nitrogens with one attached hydrogen (secondary N) is 1. The summed E-state index contributed by atoms with van der Waals surface area (Å²) in [5, 5.41) is 11.9. The van der Waals surface area contributed by atoms with E-state index in [0.717, 1.165) is 18.4 Å². The molecule has 3 aromatic heterocycles. The molecule has 0 fully saturated rings. The number of carbonyl (C=O) groups excluding carboxylic acids is 1. The number of rotatable bonds is 5. The van der Waals surface area contributed by atoms with Crippen LogP contribution in [0.4, 0.5) is 5.95 Å². The van der Waals surface area contributed by atoms with Gasteiger partial charge in [-0.05, 0) is 12.8 Å². The molecule has 130 valence electrons. The van der Waals surface area contributed by atoms with E-state index < -0.39 is 0 Å². The van der Waals surface area contributed by atoms with E-state index in [4.69, 9.17) is 10.5 Å². The fourth-order valence-corrected chi connectivity index (χ4v) is 3.01. The molecular formula is C15H18N8O2. The number of hydrogen-bond acceptors (Lipinski definition) is 7. The molecule has 1 aliphatic rings. The lowest BCUT2D eigenvalue weighted by Crippen LogP contribution is -2.38. The van der Waals surface area contributed by atoms with Crippen molar-refractivity contribution in [3.05, 3.63) is 23.7 Å². The zero-order chi connectivity index (χ0) is 17.4. The summed E-state index contributed by atoms with van der Waals surface area (Å²) in [6, 6.07) is 0. The van der Waals surface area contributed by atoms with Crippen molar-refractivity contribution >= 4 is 22.9 Å². The molecule has 0 unspecified atom stereocenters. The Bertz CT molecular complexity index is 931. The molecule has 0 saturated heterocycles. The largest absolute Gasteiger partial charge is 0.385 e. The summed E-state index contributed by atoms with van der Waals surface area (Å²) in [5.41, 5.74) is 7.65. The number of ether oxygens (including phenoxy) is 1. The average molecular weight is 342 g/mol. The third-order valence-corrected chi connectivity index (χ3v) is 4.23. The number of methoxy groups -OCH3 is 1. The van der Waals surface area contributed by atoms with Crippen LogP contribution < -0.4 is 5.73 Å². The van der Waals surface area contributed by atoms with Crippen molar-refractivity contribution in [2.24, 2.45) is 0 Å². The van der Waals surface area contributed by atoms with Gasteiger partial charge in [0.1, 0.15) is 0 Å². The first-order valence-corrected chi connectivity index (χ1v) is 8.01. The molecule has 0 bridgehead atoms. The summed E-state index contributed by atoms with van der Waals surface area (Å²) < 4.78 is 6.63. The van der Waals surface area contributed by atoms with Crippen LogP contribution in [-0.2, 0) is 11.2 Å². The van der Waals surface area contributed by atoms with E-state index >= 15 is 0 Å². The minimum Gasteiger partial charge on any atom is -0.385 e. The van der Waals surface area contributed by atoms with E-state index in [1.54, 1.807) is 22.9 Å². The molecule has 10 nitrogen and oxygen atoms in total. The predicted octanol–water partition coefficient (Wildman–Crippen LogP) is 0.156. The molecule has 0 aliphatic carbocycles. The molecule has 25 heavy (non-hydrogen) atoms. The molecule has 0 spiro atoms. The Kier molecular flexibility index (Phi) is 3.80. The van der Waals surface area contributed by atoms with Crippen LogP contribution in [0.15, 0.2) is 12.4 Å². The van der Waals surface area contributed by atoms with Gasteiger partial charge in [-0.1, -0.05) is 0 Å². The van der Waals surface area contributed by atoms with E-state index in [1.165, 1.54) is 0 Å². The van der Waals surface area contributed by atoms with Gasteiger partial charge in [0.05, 0.1) is 11.6 Å². The van der Waals surface area contributed by atoms with Crippen LogP contribution in [-0.4, -0.2) is 67.6 Å². The van der Waals surface area contributed by atoms with Crippen LogP contribution in [0.2, 0.25) is 0 Å². The number of nitrogen functional groups attached to an aromatic ring is 1. The summed E-state index contributed by atoms with van der Waals surface area (Å²) >= 11 is 0. The van der Waals surface area contributed by atoms with E-state index in [2.05, 4.69) is 25.3 Å². The van der Waals surface area contributed by atoms with E-state index in [9.17, 15) is 4.79 Å². The number of H-pyrrole nitrogens is 1. The summed E-state index contributed by atoms with van der Waals surface area (Å²) in [6.45, 7) is 1.96. The maximum Gasteiger partial charge on any atom is 0.274 e. The van der Waals surface area contributed by atoms with Crippen molar-refractivity contribution in [1.82, 2.24) is 34.8 Å². The van der Waals surface area contributed by atoms with E-state index in [1.807, 2.05) is 6.20 Å². The first kappa shape index (κ1) is 15.5. The second-order valence-electron chi connectivity index (χ2n) is 5.87. The lowest BCUT2D eigenvalue weighted by Gasteiger charge is -2.25.